The predicted molar refractivity (Wildman–Crippen MR) is 65.4 cm³/mol. The van der Waals surface area contributed by atoms with Crippen molar-refractivity contribution in [2.75, 3.05) is 6.61 Å². The van der Waals surface area contributed by atoms with Gasteiger partial charge in [-0.05, 0) is 43.9 Å². The molecule has 0 aromatic heterocycles. The molecule has 0 spiro atoms. The van der Waals surface area contributed by atoms with Crippen LogP contribution in [0.5, 0.6) is 5.75 Å². The molecule has 3 heteroatoms. The van der Waals surface area contributed by atoms with E-state index in [0.29, 0.717) is 0 Å². The fourth-order valence-corrected chi connectivity index (χ4v) is 1.35. The first-order valence-electron chi connectivity index (χ1n) is 5.65. The summed E-state index contributed by atoms with van der Waals surface area (Å²) in [6.45, 7) is 4.67. The summed E-state index contributed by atoms with van der Waals surface area (Å²) in [6.07, 6.45) is 2.70. The smallest absolute Gasteiger partial charge is 0.119 e. The van der Waals surface area contributed by atoms with E-state index >= 15 is 0 Å². The third-order valence-electron chi connectivity index (χ3n) is 2.34. The first-order valence-corrected chi connectivity index (χ1v) is 5.65. The van der Waals surface area contributed by atoms with E-state index in [1.165, 1.54) is 5.56 Å². The first-order chi connectivity index (χ1) is 7.76. The number of aryl methyl sites for hydroxylation is 1. The highest BCUT2D eigenvalue weighted by molar-refractivity contribution is 5.81. The molecule has 16 heavy (non-hydrogen) atoms. The molecule has 1 aromatic rings. The van der Waals surface area contributed by atoms with Gasteiger partial charge in [0.1, 0.15) is 5.75 Å². The summed E-state index contributed by atoms with van der Waals surface area (Å²) in [6, 6.07) is 8.07. The van der Waals surface area contributed by atoms with Crippen molar-refractivity contribution in [1.82, 2.24) is 0 Å². The van der Waals surface area contributed by atoms with Gasteiger partial charge in [0.2, 0.25) is 0 Å². The monoisotopic (exact) mass is 221 g/mol. The SMILES string of the molecule is CCCOc1ccc(CC/C(C)=N/O)cc1. The molecule has 0 atom stereocenters. The van der Waals surface area contributed by atoms with Gasteiger partial charge < -0.3 is 9.94 Å². The Kier molecular flexibility index (Phi) is 5.40. The molecule has 0 aliphatic heterocycles. The van der Waals surface area contributed by atoms with Gasteiger partial charge in [-0.25, -0.2) is 0 Å². The van der Waals surface area contributed by atoms with Crippen molar-refractivity contribution in [2.45, 2.75) is 33.1 Å². The van der Waals surface area contributed by atoms with Gasteiger partial charge in [0.05, 0.1) is 12.3 Å². The van der Waals surface area contributed by atoms with Crippen LogP contribution in [0, 0.1) is 0 Å². The van der Waals surface area contributed by atoms with Crippen molar-refractivity contribution in [3.63, 3.8) is 0 Å². The third kappa shape index (κ3) is 4.34. The van der Waals surface area contributed by atoms with Crippen LogP contribution in [-0.4, -0.2) is 17.5 Å². The molecule has 0 heterocycles. The largest absolute Gasteiger partial charge is 0.494 e. The minimum atomic E-state index is 0.756. The molecular formula is C13H19NO2. The fraction of sp³-hybridized carbons (Fsp3) is 0.462. The van der Waals surface area contributed by atoms with Gasteiger partial charge in [-0.1, -0.05) is 24.2 Å². The normalized spacial score (nSPS) is 11.5. The lowest BCUT2D eigenvalue weighted by Crippen LogP contribution is -1.97. The first kappa shape index (κ1) is 12.6. The van der Waals surface area contributed by atoms with Crippen molar-refractivity contribution in [1.29, 1.82) is 0 Å². The van der Waals surface area contributed by atoms with Crippen molar-refractivity contribution in [3.05, 3.63) is 29.8 Å². The molecule has 0 fully saturated rings. The summed E-state index contributed by atoms with van der Waals surface area (Å²) in [4.78, 5) is 0. The van der Waals surface area contributed by atoms with Gasteiger partial charge in [0.25, 0.3) is 0 Å². The number of rotatable bonds is 6. The summed E-state index contributed by atoms with van der Waals surface area (Å²) in [5.74, 6) is 0.915. The van der Waals surface area contributed by atoms with Crippen molar-refractivity contribution < 1.29 is 9.94 Å². The Bertz CT molecular complexity index is 330. The Morgan fingerprint density at radius 2 is 2.00 bits per heavy atom. The van der Waals surface area contributed by atoms with Crippen LogP contribution in [0.15, 0.2) is 29.4 Å². The maximum Gasteiger partial charge on any atom is 0.119 e. The van der Waals surface area contributed by atoms with Crippen LogP contribution in [0.3, 0.4) is 0 Å². The van der Waals surface area contributed by atoms with Crippen molar-refractivity contribution >= 4 is 5.71 Å². The molecule has 1 aromatic carbocycles. The highest BCUT2D eigenvalue weighted by Crippen LogP contribution is 2.13. The van der Waals surface area contributed by atoms with E-state index in [1.807, 2.05) is 19.1 Å². The zero-order valence-corrected chi connectivity index (χ0v) is 9.94. The Morgan fingerprint density at radius 1 is 1.31 bits per heavy atom. The molecule has 0 saturated heterocycles. The van der Waals surface area contributed by atoms with Crippen LogP contribution in [-0.2, 0) is 6.42 Å². The zero-order valence-electron chi connectivity index (χ0n) is 9.94. The minimum absolute atomic E-state index is 0.756. The van der Waals surface area contributed by atoms with Gasteiger partial charge in [-0.15, -0.1) is 0 Å². The molecule has 0 aliphatic rings. The lowest BCUT2D eigenvalue weighted by Gasteiger charge is -2.05. The molecule has 0 saturated carbocycles. The van der Waals surface area contributed by atoms with Crippen LogP contribution in [0.4, 0.5) is 0 Å². The lowest BCUT2D eigenvalue weighted by atomic mass is 10.1. The number of benzene rings is 1. The standard InChI is InChI=1S/C13H19NO2/c1-3-10-16-13-8-6-12(7-9-13)5-4-11(2)14-15/h6-9,15H,3-5,10H2,1-2H3/b14-11+. The maximum absolute atomic E-state index is 8.52. The second-order valence-corrected chi connectivity index (χ2v) is 3.83. The minimum Gasteiger partial charge on any atom is -0.494 e. The third-order valence-corrected chi connectivity index (χ3v) is 2.34. The highest BCUT2D eigenvalue weighted by Gasteiger charge is 1.97. The Morgan fingerprint density at radius 3 is 2.56 bits per heavy atom. The molecule has 0 aliphatic carbocycles. The van der Waals surface area contributed by atoms with Crippen LogP contribution >= 0.6 is 0 Å². The highest BCUT2D eigenvalue weighted by atomic mass is 16.5. The van der Waals surface area contributed by atoms with E-state index in [2.05, 4.69) is 24.2 Å². The van der Waals surface area contributed by atoms with Crippen LogP contribution in [0.1, 0.15) is 32.3 Å². The van der Waals surface area contributed by atoms with E-state index in [9.17, 15) is 0 Å². The van der Waals surface area contributed by atoms with Crippen LogP contribution < -0.4 is 4.74 Å². The average molecular weight is 221 g/mol. The Hall–Kier alpha value is -1.51. The van der Waals surface area contributed by atoms with Gasteiger partial charge in [-0.3, -0.25) is 0 Å². The fourth-order valence-electron chi connectivity index (χ4n) is 1.35. The van der Waals surface area contributed by atoms with Crippen molar-refractivity contribution in [2.24, 2.45) is 5.16 Å². The quantitative estimate of drug-likeness (QED) is 0.455. The number of nitrogens with zero attached hydrogens (tertiary/aromatic N) is 1. The summed E-state index contributed by atoms with van der Waals surface area (Å²) in [5.41, 5.74) is 1.98. The molecule has 1 N–H and O–H groups in total. The number of hydrogen-bond donors (Lipinski definition) is 1. The zero-order chi connectivity index (χ0) is 11.8. The van der Waals surface area contributed by atoms with E-state index < -0.39 is 0 Å². The Balaban J connectivity index is 2.45. The topological polar surface area (TPSA) is 41.8 Å². The van der Waals surface area contributed by atoms with E-state index in [0.717, 1.165) is 37.3 Å². The molecular weight excluding hydrogens is 202 g/mol. The second-order valence-electron chi connectivity index (χ2n) is 3.83. The number of ether oxygens (including phenoxy) is 1. The molecule has 0 bridgehead atoms. The van der Waals surface area contributed by atoms with Crippen LogP contribution in [0.2, 0.25) is 0 Å². The molecule has 3 nitrogen and oxygen atoms in total. The number of oxime groups is 1. The predicted octanol–water partition coefficient (Wildman–Crippen LogP) is 3.26. The van der Waals surface area contributed by atoms with Crippen molar-refractivity contribution in [3.8, 4) is 5.75 Å². The average Bonchev–Trinajstić information content (AvgIpc) is 2.34. The summed E-state index contributed by atoms with van der Waals surface area (Å²) >= 11 is 0. The molecule has 0 unspecified atom stereocenters. The molecule has 0 radical (unpaired) electrons. The van der Waals surface area contributed by atoms with E-state index in [4.69, 9.17) is 9.94 Å². The van der Waals surface area contributed by atoms with Crippen LogP contribution in [0.25, 0.3) is 0 Å². The summed E-state index contributed by atoms with van der Waals surface area (Å²) < 4.78 is 5.49. The van der Waals surface area contributed by atoms with Gasteiger partial charge in [0, 0.05) is 0 Å². The summed E-state index contributed by atoms with van der Waals surface area (Å²) in [5, 5.41) is 11.7. The van der Waals surface area contributed by atoms with Gasteiger partial charge in [0.15, 0.2) is 0 Å². The Labute approximate surface area is 96.7 Å². The molecule has 88 valence electrons. The maximum atomic E-state index is 8.52. The van der Waals surface area contributed by atoms with Gasteiger partial charge >= 0.3 is 0 Å². The van der Waals surface area contributed by atoms with E-state index in [-0.39, 0.29) is 0 Å². The van der Waals surface area contributed by atoms with E-state index in [1.54, 1.807) is 0 Å². The van der Waals surface area contributed by atoms with Gasteiger partial charge in [-0.2, -0.15) is 0 Å². The lowest BCUT2D eigenvalue weighted by molar-refractivity contribution is 0.317. The second kappa shape index (κ2) is 6.88. The number of hydrogen-bond acceptors (Lipinski definition) is 3. The summed E-state index contributed by atoms with van der Waals surface area (Å²) in [7, 11) is 0. The molecule has 1 rings (SSSR count). The molecule has 0 amide bonds.